The summed E-state index contributed by atoms with van der Waals surface area (Å²) in [6, 6.07) is 18.9. The van der Waals surface area contributed by atoms with Crippen LogP contribution in [0.3, 0.4) is 0 Å². The maximum Gasteiger partial charge on any atom is 0.245 e. The second kappa shape index (κ2) is 9.97. The van der Waals surface area contributed by atoms with Crippen molar-refractivity contribution in [2.24, 2.45) is 0 Å². The van der Waals surface area contributed by atoms with E-state index in [1.165, 1.54) is 13.2 Å². The lowest BCUT2D eigenvalue weighted by Crippen LogP contribution is -2.45. The number of amides is 1. The van der Waals surface area contributed by atoms with Crippen LogP contribution in [0.25, 0.3) is 0 Å². The van der Waals surface area contributed by atoms with Crippen molar-refractivity contribution in [2.75, 3.05) is 12.4 Å². The molecule has 2 N–H and O–H groups in total. The van der Waals surface area contributed by atoms with Gasteiger partial charge in [0.05, 0.1) is 7.11 Å². The number of carbonyl (C=O) groups excluding carboxylic acids is 1. The van der Waals surface area contributed by atoms with Crippen LogP contribution in [0, 0.1) is 20.8 Å². The third-order valence-electron chi connectivity index (χ3n) is 5.16. The van der Waals surface area contributed by atoms with Gasteiger partial charge in [0, 0.05) is 5.69 Å². The first-order valence-corrected chi connectivity index (χ1v) is 11.8. The summed E-state index contributed by atoms with van der Waals surface area (Å²) in [5.41, 5.74) is 4.15. The van der Waals surface area contributed by atoms with Gasteiger partial charge in [0.25, 0.3) is 0 Å². The molecule has 3 aromatic rings. The van der Waals surface area contributed by atoms with Gasteiger partial charge < -0.3 is 10.1 Å². The van der Waals surface area contributed by atoms with Gasteiger partial charge in [0.2, 0.25) is 15.9 Å². The molecule has 0 fully saturated rings. The molecule has 0 spiro atoms. The van der Waals surface area contributed by atoms with E-state index in [0.29, 0.717) is 5.69 Å². The number of hydrogen-bond donors (Lipinski definition) is 2. The molecule has 0 aliphatic heterocycles. The Hall–Kier alpha value is -3.16. The zero-order valence-electron chi connectivity index (χ0n) is 18.7. The van der Waals surface area contributed by atoms with E-state index < -0.39 is 22.0 Å². The molecule has 0 aliphatic rings. The molecule has 32 heavy (non-hydrogen) atoms. The van der Waals surface area contributed by atoms with E-state index in [0.717, 1.165) is 22.3 Å². The predicted molar refractivity (Wildman–Crippen MR) is 127 cm³/mol. The molecule has 0 bridgehead atoms. The number of ether oxygens (including phenoxy) is 1. The second-order valence-electron chi connectivity index (χ2n) is 7.83. The highest BCUT2D eigenvalue weighted by molar-refractivity contribution is 7.89. The number of rotatable bonds is 8. The summed E-state index contributed by atoms with van der Waals surface area (Å²) in [6.07, 6.45) is 0.199. The summed E-state index contributed by atoms with van der Waals surface area (Å²) in [5.74, 6) is -0.214. The number of anilines is 1. The lowest BCUT2D eigenvalue weighted by Gasteiger charge is -2.20. The molecule has 6 nitrogen and oxygen atoms in total. The minimum atomic E-state index is -4.04. The standard InChI is InChI=1S/C25H28N2O4S/c1-17-10-12-19(3)21(14-17)26-25(28)22(16-20-8-6-5-7-9-20)27-32(29,30)24-15-18(2)11-13-23(24)31-4/h5-15,22,27H,16H2,1-4H3,(H,26,28). The van der Waals surface area contributed by atoms with E-state index in [-0.39, 0.29) is 17.1 Å². The molecule has 0 saturated carbocycles. The Morgan fingerprint density at radius 2 is 1.59 bits per heavy atom. The first-order valence-electron chi connectivity index (χ1n) is 10.3. The Morgan fingerprint density at radius 3 is 2.28 bits per heavy atom. The van der Waals surface area contributed by atoms with E-state index in [1.54, 1.807) is 19.1 Å². The van der Waals surface area contributed by atoms with Crippen LogP contribution in [0.15, 0.2) is 71.6 Å². The topological polar surface area (TPSA) is 84.5 Å². The van der Waals surface area contributed by atoms with Crippen LogP contribution in [0.1, 0.15) is 22.3 Å². The lowest BCUT2D eigenvalue weighted by atomic mass is 10.1. The number of sulfonamides is 1. The molecule has 168 valence electrons. The Morgan fingerprint density at radius 1 is 0.938 bits per heavy atom. The SMILES string of the molecule is COc1ccc(C)cc1S(=O)(=O)NC(Cc1ccccc1)C(=O)Nc1cc(C)ccc1C. The summed E-state index contributed by atoms with van der Waals surface area (Å²) in [7, 11) is -2.62. The Bertz CT molecular complexity index is 1210. The van der Waals surface area contributed by atoms with Crippen LogP contribution < -0.4 is 14.8 Å². The number of nitrogens with one attached hydrogen (secondary N) is 2. The molecule has 0 heterocycles. The van der Waals surface area contributed by atoms with E-state index in [4.69, 9.17) is 4.74 Å². The van der Waals surface area contributed by atoms with Gasteiger partial charge in [-0.25, -0.2) is 8.42 Å². The van der Waals surface area contributed by atoms with Gasteiger partial charge >= 0.3 is 0 Å². The highest BCUT2D eigenvalue weighted by Crippen LogP contribution is 2.25. The average Bonchev–Trinajstić information content (AvgIpc) is 2.76. The first kappa shape index (κ1) is 23.5. The molecule has 1 unspecified atom stereocenters. The molecule has 1 atom stereocenters. The highest BCUT2D eigenvalue weighted by Gasteiger charge is 2.28. The van der Waals surface area contributed by atoms with Crippen molar-refractivity contribution < 1.29 is 17.9 Å². The quantitative estimate of drug-likeness (QED) is 0.538. The van der Waals surface area contributed by atoms with Crippen LogP contribution in [-0.4, -0.2) is 27.5 Å². The molecule has 1 amide bonds. The highest BCUT2D eigenvalue weighted by atomic mass is 32.2. The van der Waals surface area contributed by atoms with Crippen molar-refractivity contribution >= 4 is 21.6 Å². The second-order valence-corrected chi connectivity index (χ2v) is 9.51. The van der Waals surface area contributed by atoms with E-state index in [9.17, 15) is 13.2 Å². The predicted octanol–water partition coefficient (Wildman–Crippen LogP) is 4.15. The number of aryl methyl sites for hydroxylation is 3. The maximum atomic E-state index is 13.3. The van der Waals surface area contributed by atoms with Gasteiger partial charge in [-0.2, -0.15) is 4.72 Å². The molecule has 3 rings (SSSR count). The first-order chi connectivity index (χ1) is 15.2. The zero-order valence-corrected chi connectivity index (χ0v) is 19.5. The molecule has 0 saturated heterocycles. The fourth-order valence-electron chi connectivity index (χ4n) is 3.37. The number of carbonyl (C=O) groups is 1. The molecule has 3 aromatic carbocycles. The van der Waals surface area contributed by atoms with Gasteiger partial charge in [0.1, 0.15) is 16.7 Å². The Labute approximate surface area is 189 Å². The molecule has 0 radical (unpaired) electrons. The third kappa shape index (κ3) is 5.75. The minimum absolute atomic E-state index is 0.00222. The van der Waals surface area contributed by atoms with Crippen molar-refractivity contribution in [3.05, 3.63) is 89.0 Å². The summed E-state index contributed by atoms with van der Waals surface area (Å²) >= 11 is 0. The minimum Gasteiger partial charge on any atom is -0.495 e. The molecular weight excluding hydrogens is 424 g/mol. The lowest BCUT2D eigenvalue weighted by molar-refractivity contribution is -0.117. The summed E-state index contributed by atoms with van der Waals surface area (Å²) in [5, 5.41) is 2.89. The molecule has 0 aliphatic carbocycles. The fourth-order valence-corrected chi connectivity index (χ4v) is 4.82. The van der Waals surface area contributed by atoms with E-state index in [2.05, 4.69) is 10.0 Å². The summed E-state index contributed by atoms with van der Waals surface area (Å²) < 4.78 is 34.4. The van der Waals surface area contributed by atoms with Gasteiger partial charge in [-0.05, 0) is 67.6 Å². The van der Waals surface area contributed by atoms with Gasteiger partial charge in [-0.1, -0.05) is 48.5 Å². The van der Waals surface area contributed by atoms with Crippen molar-refractivity contribution in [2.45, 2.75) is 38.1 Å². The van der Waals surface area contributed by atoms with Crippen molar-refractivity contribution in [3.8, 4) is 5.75 Å². The average molecular weight is 453 g/mol. The van der Waals surface area contributed by atoms with Crippen LogP contribution in [0.4, 0.5) is 5.69 Å². The van der Waals surface area contributed by atoms with Crippen molar-refractivity contribution in [3.63, 3.8) is 0 Å². The third-order valence-corrected chi connectivity index (χ3v) is 6.65. The van der Waals surface area contributed by atoms with Crippen LogP contribution >= 0.6 is 0 Å². The van der Waals surface area contributed by atoms with Crippen molar-refractivity contribution in [1.82, 2.24) is 4.72 Å². The van der Waals surface area contributed by atoms with Gasteiger partial charge in [0.15, 0.2) is 0 Å². The molecular formula is C25H28N2O4S. The van der Waals surface area contributed by atoms with Gasteiger partial charge in [-0.15, -0.1) is 0 Å². The van der Waals surface area contributed by atoms with Crippen LogP contribution in [0.2, 0.25) is 0 Å². The zero-order chi connectivity index (χ0) is 23.3. The monoisotopic (exact) mass is 452 g/mol. The summed E-state index contributed by atoms with van der Waals surface area (Å²) in [4.78, 5) is 13.2. The van der Waals surface area contributed by atoms with E-state index >= 15 is 0 Å². The molecule has 7 heteroatoms. The largest absolute Gasteiger partial charge is 0.495 e. The Balaban J connectivity index is 1.95. The normalized spacial score (nSPS) is 12.2. The summed E-state index contributed by atoms with van der Waals surface area (Å²) in [6.45, 7) is 5.62. The maximum absolute atomic E-state index is 13.3. The molecule has 0 aromatic heterocycles. The van der Waals surface area contributed by atoms with Crippen LogP contribution in [0.5, 0.6) is 5.75 Å². The fraction of sp³-hybridized carbons (Fsp3) is 0.240. The number of hydrogen-bond acceptors (Lipinski definition) is 4. The number of benzene rings is 3. The van der Waals surface area contributed by atoms with Gasteiger partial charge in [-0.3, -0.25) is 4.79 Å². The van der Waals surface area contributed by atoms with Crippen LogP contribution in [-0.2, 0) is 21.2 Å². The van der Waals surface area contributed by atoms with Crippen molar-refractivity contribution in [1.29, 1.82) is 0 Å². The number of methoxy groups -OCH3 is 1. The smallest absolute Gasteiger partial charge is 0.245 e. The Kier molecular flexibility index (Phi) is 7.33. The van der Waals surface area contributed by atoms with E-state index in [1.807, 2.05) is 62.4 Å².